The van der Waals surface area contributed by atoms with Gasteiger partial charge in [0.05, 0.1) is 17.9 Å². The summed E-state index contributed by atoms with van der Waals surface area (Å²) in [5.74, 6) is -0.291. The minimum atomic E-state index is -0.352. The van der Waals surface area contributed by atoms with Crippen molar-refractivity contribution < 1.29 is 19.4 Å². The zero-order chi connectivity index (χ0) is 16.1. The molecule has 0 bridgehead atoms. The SMILES string of the molecule is CCOC(=O)N1CCN(C(=O)c2cccc(NC)c2O)CC1. The number of rotatable bonds is 3. The molecule has 1 fully saturated rings. The van der Waals surface area contributed by atoms with Crippen molar-refractivity contribution >= 4 is 17.7 Å². The zero-order valence-corrected chi connectivity index (χ0v) is 12.8. The molecule has 1 aromatic carbocycles. The Bertz CT molecular complexity index is 554. The van der Waals surface area contributed by atoms with Crippen LogP contribution in [0.25, 0.3) is 0 Å². The Labute approximate surface area is 129 Å². The van der Waals surface area contributed by atoms with Crippen molar-refractivity contribution in [2.75, 3.05) is 45.2 Å². The van der Waals surface area contributed by atoms with E-state index in [1.54, 1.807) is 42.0 Å². The molecule has 2 amide bonds. The Kier molecular flexibility index (Phi) is 5.08. The Hall–Kier alpha value is -2.44. The van der Waals surface area contributed by atoms with Gasteiger partial charge in [0.15, 0.2) is 5.75 Å². The number of ether oxygens (including phenoxy) is 1. The highest BCUT2D eigenvalue weighted by atomic mass is 16.6. The van der Waals surface area contributed by atoms with Gasteiger partial charge < -0.3 is 25.0 Å². The van der Waals surface area contributed by atoms with Crippen molar-refractivity contribution in [1.29, 1.82) is 0 Å². The van der Waals surface area contributed by atoms with E-state index in [2.05, 4.69) is 5.32 Å². The fourth-order valence-electron chi connectivity index (χ4n) is 2.40. The molecule has 22 heavy (non-hydrogen) atoms. The number of hydrogen-bond acceptors (Lipinski definition) is 5. The number of nitrogens with zero attached hydrogens (tertiary/aromatic N) is 2. The highest BCUT2D eigenvalue weighted by Gasteiger charge is 2.27. The molecule has 0 aromatic heterocycles. The molecule has 0 radical (unpaired) electrons. The smallest absolute Gasteiger partial charge is 0.409 e. The van der Waals surface area contributed by atoms with Crippen molar-refractivity contribution in [3.05, 3.63) is 23.8 Å². The van der Waals surface area contributed by atoms with E-state index in [4.69, 9.17) is 4.74 Å². The molecular weight excluding hydrogens is 286 g/mol. The summed E-state index contributed by atoms with van der Waals surface area (Å²) in [6.45, 7) is 3.79. The predicted octanol–water partition coefficient (Wildman–Crippen LogP) is 1.35. The summed E-state index contributed by atoms with van der Waals surface area (Å²) in [6, 6.07) is 5.01. The molecule has 1 aromatic rings. The second kappa shape index (κ2) is 7.02. The minimum Gasteiger partial charge on any atom is -0.505 e. The van der Waals surface area contributed by atoms with Crippen LogP contribution in [0.1, 0.15) is 17.3 Å². The first kappa shape index (κ1) is 15.9. The lowest BCUT2D eigenvalue weighted by molar-refractivity contribution is 0.0568. The number of phenols is 1. The number of para-hydroxylation sites is 1. The number of nitrogens with one attached hydrogen (secondary N) is 1. The first-order valence-electron chi connectivity index (χ1n) is 7.29. The van der Waals surface area contributed by atoms with Crippen LogP contribution in [0, 0.1) is 0 Å². The molecule has 0 saturated carbocycles. The van der Waals surface area contributed by atoms with Gasteiger partial charge in [0.1, 0.15) is 0 Å². The van der Waals surface area contributed by atoms with Crippen molar-refractivity contribution in [1.82, 2.24) is 9.80 Å². The summed E-state index contributed by atoms with van der Waals surface area (Å²) in [5, 5.41) is 12.9. The molecule has 1 aliphatic rings. The van der Waals surface area contributed by atoms with Crippen LogP contribution in [-0.2, 0) is 4.74 Å². The number of phenolic OH excluding ortho intramolecular Hbond substituents is 1. The Morgan fingerprint density at radius 1 is 1.23 bits per heavy atom. The van der Waals surface area contributed by atoms with Crippen LogP contribution < -0.4 is 5.32 Å². The van der Waals surface area contributed by atoms with E-state index in [1.807, 2.05) is 0 Å². The number of aromatic hydroxyl groups is 1. The third-order valence-corrected chi connectivity index (χ3v) is 3.63. The highest BCUT2D eigenvalue weighted by Crippen LogP contribution is 2.28. The molecule has 7 nitrogen and oxygen atoms in total. The average Bonchev–Trinajstić information content (AvgIpc) is 2.55. The lowest BCUT2D eigenvalue weighted by atomic mass is 10.1. The number of piperazine rings is 1. The summed E-state index contributed by atoms with van der Waals surface area (Å²) in [7, 11) is 1.68. The van der Waals surface area contributed by atoms with Crippen molar-refractivity contribution in [3.63, 3.8) is 0 Å². The zero-order valence-electron chi connectivity index (χ0n) is 12.8. The third-order valence-electron chi connectivity index (χ3n) is 3.63. The molecule has 0 atom stereocenters. The maximum atomic E-state index is 12.5. The normalized spacial score (nSPS) is 14.6. The molecule has 0 aliphatic carbocycles. The monoisotopic (exact) mass is 307 g/mol. The lowest BCUT2D eigenvalue weighted by Crippen LogP contribution is -2.50. The van der Waals surface area contributed by atoms with Crippen molar-refractivity contribution in [2.24, 2.45) is 0 Å². The first-order chi connectivity index (χ1) is 10.6. The largest absolute Gasteiger partial charge is 0.505 e. The topological polar surface area (TPSA) is 82.1 Å². The van der Waals surface area contributed by atoms with Gasteiger partial charge in [-0.05, 0) is 19.1 Å². The van der Waals surface area contributed by atoms with E-state index < -0.39 is 0 Å². The van der Waals surface area contributed by atoms with Gasteiger partial charge >= 0.3 is 6.09 Å². The number of anilines is 1. The van der Waals surface area contributed by atoms with Gasteiger partial charge in [-0.2, -0.15) is 0 Å². The van der Waals surface area contributed by atoms with Crippen molar-refractivity contribution in [2.45, 2.75) is 6.92 Å². The van der Waals surface area contributed by atoms with Crippen LogP contribution in [0.4, 0.5) is 10.5 Å². The van der Waals surface area contributed by atoms with Gasteiger partial charge in [-0.25, -0.2) is 4.79 Å². The van der Waals surface area contributed by atoms with Crippen LogP contribution in [0.5, 0.6) is 5.75 Å². The van der Waals surface area contributed by atoms with E-state index in [0.29, 0.717) is 38.5 Å². The van der Waals surface area contributed by atoms with E-state index in [1.165, 1.54) is 0 Å². The Morgan fingerprint density at radius 2 is 1.86 bits per heavy atom. The Morgan fingerprint density at radius 3 is 2.45 bits per heavy atom. The highest BCUT2D eigenvalue weighted by molar-refractivity contribution is 5.98. The molecule has 1 saturated heterocycles. The molecule has 1 heterocycles. The molecule has 1 aliphatic heterocycles. The number of hydrogen-bond donors (Lipinski definition) is 2. The maximum Gasteiger partial charge on any atom is 0.409 e. The van der Waals surface area contributed by atoms with E-state index in [9.17, 15) is 14.7 Å². The van der Waals surface area contributed by atoms with E-state index in [-0.39, 0.29) is 23.3 Å². The van der Waals surface area contributed by atoms with Crippen LogP contribution in [0.15, 0.2) is 18.2 Å². The molecule has 7 heteroatoms. The number of amides is 2. The van der Waals surface area contributed by atoms with Gasteiger partial charge in [-0.1, -0.05) is 6.07 Å². The molecular formula is C15H21N3O4. The number of carbonyl (C=O) groups is 2. The molecule has 0 unspecified atom stereocenters. The maximum absolute atomic E-state index is 12.5. The molecule has 120 valence electrons. The van der Waals surface area contributed by atoms with Gasteiger partial charge in [0.25, 0.3) is 5.91 Å². The lowest BCUT2D eigenvalue weighted by Gasteiger charge is -2.34. The predicted molar refractivity (Wildman–Crippen MR) is 82.2 cm³/mol. The van der Waals surface area contributed by atoms with E-state index >= 15 is 0 Å². The van der Waals surface area contributed by atoms with Crippen LogP contribution >= 0.6 is 0 Å². The summed E-state index contributed by atoms with van der Waals surface area (Å²) < 4.78 is 4.95. The minimum absolute atomic E-state index is 0.0529. The average molecular weight is 307 g/mol. The van der Waals surface area contributed by atoms with Crippen LogP contribution in [0.3, 0.4) is 0 Å². The van der Waals surface area contributed by atoms with E-state index in [0.717, 1.165) is 0 Å². The molecule has 0 spiro atoms. The van der Waals surface area contributed by atoms with Gasteiger partial charge in [0, 0.05) is 33.2 Å². The summed E-state index contributed by atoms with van der Waals surface area (Å²) >= 11 is 0. The van der Waals surface area contributed by atoms with Crippen LogP contribution in [-0.4, -0.2) is 66.7 Å². The second-order valence-electron chi connectivity index (χ2n) is 4.93. The second-order valence-corrected chi connectivity index (χ2v) is 4.93. The standard InChI is InChI=1S/C15H21N3O4/c1-3-22-15(21)18-9-7-17(8-10-18)14(20)11-5-4-6-12(16-2)13(11)19/h4-6,16,19H,3,7-10H2,1-2H3. The van der Waals surface area contributed by atoms with Gasteiger partial charge in [-0.3, -0.25) is 4.79 Å². The summed E-state index contributed by atoms with van der Waals surface area (Å²) in [6.07, 6.45) is -0.352. The summed E-state index contributed by atoms with van der Waals surface area (Å²) in [4.78, 5) is 27.3. The number of carbonyl (C=O) groups excluding carboxylic acids is 2. The number of benzene rings is 1. The first-order valence-corrected chi connectivity index (χ1v) is 7.29. The molecule has 2 rings (SSSR count). The molecule has 2 N–H and O–H groups in total. The summed E-state index contributed by atoms with van der Waals surface area (Å²) in [5.41, 5.74) is 0.771. The fourth-order valence-corrected chi connectivity index (χ4v) is 2.40. The van der Waals surface area contributed by atoms with Crippen molar-refractivity contribution in [3.8, 4) is 5.75 Å². The van der Waals surface area contributed by atoms with Gasteiger partial charge in [-0.15, -0.1) is 0 Å². The fraction of sp³-hybridized carbons (Fsp3) is 0.467. The quantitative estimate of drug-likeness (QED) is 0.824. The third kappa shape index (κ3) is 3.24. The Balaban J connectivity index is 2.02. The van der Waals surface area contributed by atoms with Gasteiger partial charge in [0.2, 0.25) is 0 Å². The van der Waals surface area contributed by atoms with Crippen LogP contribution in [0.2, 0.25) is 0 Å².